The van der Waals surface area contributed by atoms with Crippen LogP contribution in [-0.2, 0) is 17.6 Å². The molecule has 1 N–H and O–H groups in total. The van der Waals surface area contributed by atoms with Crippen molar-refractivity contribution in [2.24, 2.45) is 0 Å². The number of hydrogen-bond donors (Lipinski definition) is 1. The fourth-order valence-corrected chi connectivity index (χ4v) is 2.52. The Morgan fingerprint density at radius 1 is 1.35 bits per heavy atom. The number of carbonyl (C=O) groups excluding carboxylic acids is 1. The van der Waals surface area contributed by atoms with Crippen LogP contribution >= 0.6 is 0 Å². The largest absolute Gasteiger partial charge is 0.342 e. The molecule has 20 heavy (non-hydrogen) atoms. The van der Waals surface area contributed by atoms with Crippen LogP contribution in [-0.4, -0.2) is 33.9 Å². The maximum absolute atomic E-state index is 12.1. The van der Waals surface area contributed by atoms with Crippen LogP contribution in [0.25, 0.3) is 0 Å². The topological polar surface area (TPSA) is 66.1 Å². The number of carbonyl (C=O) groups is 1. The zero-order chi connectivity index (χ0) is 14.7. The molecule has 1 aliphatic heterocycles. The first-order valence-corrected chi connectivity index (χ1v) is 7.42. The van der Waals surface area contributed by atoms with Gasteiger partial charge in [0.05, 0.1) is 5.69 Å². The summed E-state index contributed by atoms with van der Waals surface area (Å²) in [5.74, 6) is 1.12. The number of rotatable bonds is 3. The summed E-state index contributed by atoms with van der Waals surface area (Å²) in [6.07, 6.45) is 2.72. The van der Waals surface area contributed by atoms with Crippen LogP contribution in [0.15, 0.2) is 4.79 Å². The highest BCUT2D eigenvalue weighted by molar-refractivity contribution is 5.76. The van der Waals surface area contributed by atoms with E-state index in [-0.39, 0.29) is 17.4 Å². The molecular formula is C15H23N3O2. The molecule has 0 spiro atoms. The van der Waals surface area contributed by atoms with Crippen LogP contribution in [0.2, 0.25) is 0 Å². The molecule has 1 aromatic heterocycles. The Kier molecular flexibility index (Phi) is 4.57. The predicted octanol–water partition coefficient (Wildman–Crippen LogP) is 1.62. The third-order valence-electron chi connectivity index (χ3n) is 3.73. The SMILES string of the molecule is CCCC(=O)N1CCc2nc(C(C)C)[nH]c(=O)c2CC1. The molecule has 0 aromatic carbocycles. The quantitative estimate of drug-likeness (QED) is 0.913. The van der Waals surface area contributed by atoms with Crippen LogP contribution < -0.4 is 5.56 Å². The Bertz CT molecular complexity index is 549. The van der Waals surface area contributed by atoms with Crippen molar-refractivity contribution in [3.05, 3.63) is 27.4 Å². The number of nitrogens with one attached hydrogen (secondary N) is 1. The van der Waals surface area contributed by atoms with Crippen LogP contribution in [0.1, 0.15) is 56.6 Å². The average Bonchev–Trinajstić information content (AvgIpc) is 2.61. The highest BCUT2D eigenvalue weighted by Gasteiger charge is 2.21. The van der Waals surface area contributed by atoms with E-state index in [2.05, 4.69) is 9.97 Å². The van der Waals surface area contributed by atoms with Crippen molar-refractivity contribution in [2.75, 3.05) is 13.1 Å². The molecule has 0 fully saturated rings. The Labute approximate surface area is 119 Å². The van der Waals surface area contributed by atoms with Gasteiger partial charge in [-0.2, -0.15) is 0 Å². The lowest BCUT2D eigenvalue weighted by Crippen LogP contribution is -2.33. The first-order chi connectivity index (χ1) is 9.52. The molecule has 1 amide bonds. The Hall–Kier alpha value is -1.65. The molecule has 0 radical (unpaired) electrons. The molecule has 0 atom stereocenters. The second-order valence-electron chi connectivity index (χ2n) is 5.66. The molecule has 0 saturated heterocycles. The molecule has 0 bridgehead atoms. The van der Waals surface area contributed by atoms with Gasteiger partial charge in [-0.25, -0.2) is 4.98 Å². The number of fused-ring (bicyclic) bond motifs is 1. The minimum Gasteiger partial charge on any atom is -0.342 e. The smallest absolute Gasteiger partial charge is 0.254 e. The van der Waals surface area contributed by atoms with Crippen molar-refractivity contribution in [3.63, 3.8) is 0 Å². The standard InChI is InChI=1S/C15H23N3O2/c1-4-5-13(19)18-8-6-11-12(7-9-18)16-14(10(2)3)17-15(11)20/h10H,4-9H2,1-3H3,(H,16,17,20). The number of aromatic amines is 1. The van der Waals surface area contributed by atoms with E-state index in [1.165, 1.54) is 0 Å². The third kappa shape index (κ3) is 3.08. The van der Waals surface area contributed by atoms with Gasteiger partial charge in [-0.15, -0.1) is 0 Å². The van der Waals surface area contributed by atoms with E-state index in [0.717, 1.165) is 23.5 Å². The van der Waals surface area contributed by atoms with Crippen LogP contribution in [0.4, 0.5) is 0 Å². The van der Waals surface area contributed by atoms with Crippen LogP contribution in [0, 0.1) is 0 Å². The average molecular weight is 277 g/mol. The lowest BCUT2D eigenvalue weighted by atomic mass is 10.1. The monoisotopic (exact) mass is 277 g/mol. The number of nitrogens with zero attached hydrogens (tertiary/aromatic N) is 2. The molecule has 5 heteroatoms. The van der Waals surface area contributed by atoms with Gasteiger partial charge in [0.15, 0.2) is 0 Å². The van der Waals surface area contributed by atoms with Gasteiger partial charge in [-0.1, -0.05) is 20.8 Å². The zero-order valence-electron chi connectivity index (χ0n) is 12.5. The zero-order valence-corrected chi connectivity index (χ0v) is 12.5. The van der Waals surface area contributed by atoms with Gasteiger partial charge in [0.1, 0.15) is 5.82 Å². The molecule has 2 rings (SSSR count). The number of aromatic nitrogens is 2. The molecule has 1 aliphatic rings. The molecular weight excluding hydrogens is 254 g/mol. The van der Waals surface area contributed by atoms with E-state index in [9.17, 15) is 9.59 Å². The first-order valence-electron chi connectivity index (χ1n) is 7.42. The second kappa shape index (κ2) is 6.20. The van der Waals surface area contributed by atoms with E-state index in [4.69, 9.17) is 0 Å². The van der Waals surface area contributed by atoms with Gasteiger partial charge in [-0.05, 0) is 12.8 Å². The lowest BCUT2D eigenvalue weighted by molar-refractivity contribution is -0.131. The minimum absolute atomic E-state index is 0.0384. The van der Waals surface area contributed by atoms with Crippen molar-refractivity contribution in [1.29, 1.82) is 0 Å². The molecule has 1 aromatic rings. The molecule has 0 saturated carbocycles. The summed E-state index contributed by atoms with van der Waals surface area (Å²) < 4.78 is 0. The predicted molar refractivity (Wildman–Crippen MR) is 77.8 cm³/mol. The van der Waals surface area contributed by atoms with Gasteiger partial charge in [0, 0.05) is 37.4 Å². The Balaban J connectivity index is 2.23. The van der Waals surface area contributed by atoms with E-state index in [0.29, 0.717) is 32.4 Å². The first kappa shape index (κ1) is 14.8. The van der Waals surface area contributed by atoms with Gasteiger partial charge < -0.3 is 9.88 Å². The van der Waals surface area contributed by atoms with E-state index in [1.807, 2.05) is 25.7 Å². The summed E-state index contributed by atoms with van der Waals surface area (Å²) in [7, 11) is 0. The number of H-pyrrole nitrogens is 1. The minimum atomic E-state index is -0.0384. The highest BCUT2D eigenvalue weighted by Crippen LogP contribution is 2.14. The molecule has 2 heterocycles. The van der Waals surface area contributed by atoms with E-state index >= 15 is 0 Å². The number of amides is 1. The fourth-order valence-electron chi connectivity index (χ4n) is 2.52. The maximum atomic E-state index is 12.1. The summed E-state index contributed by atoms with van der Waals surface area (Å²) in [6.45, 7) is 7.32. The Morgan fingerprint density at radius 3 is 2.70 bits per heavy atom. The van der Waals surface area contributed by atoms with Crippen molar-refractivity contribution in [3.8, 4) is 0 Å². The van der Waals surface area contributed by atoms with E-state index < -0.39 is 0 Å². The van der Waals surface area contributed by atoms with Crippen molar-refractivity contribution in [2.45, 2.75) is 52.4 Å². The summed E-state index contributed by atoms with van der Waals surface area (Å²) in [5, 5.41) is 0. The fraction of sp³-hybridized carbons (Fsp3) is 0.667. The second-order valence-corrected chi connectivity index (χ2v) is 5.66. The third-order valence-corrected chi connectivity index (χ3v) is 3.73. The normalized spacial score (nSPS) is 15.1. The van der Waals surface area contributed by atoms with Gasteiger partial charge in [-0.3, -0.25) is 9.59 Å². The van der Waals surface area contributed by atoms with Crippen molar-refractivity contribution in [1.82, 2.24) is 14.9 Å². The van der Waals surface area contributed by atoms with Gasteiger partial charge in [0.2, 0.25) is 5.91 Å². The van der Waals surface area contributed by atoms with Crippen LogP contribution in [0.3, 0.4) is 0 Å². The van der Waals surface area contributed by atoms with Gasteiger partial charge in [0.25, 0.3) is 5.56 Å². The van der Waals surface area contributed by atoms with Crippen molar-refractivity contribution >= 4 is 5.91 Å². The Morgan fingerprint density at radius 2 is 2.05 bits per heavy atom. The van der Waals surface area contributed by atoms with Crippen molar-refractivity contribution < 1.29 is 4.79 Å². The summed E-state index contributed by atoms with van der Waals surface area (Å²) in [5.41, 5.74) is 1.58. The lowest BCUT2D eigenvalue weighted by Gasteiger charge is -2.19. The van der Waals surface area contributed by atoms with Gasteiger partial charge >= 0.3 is 0 Å². The molecule has 5 nitrogen and oxygen atoms in total. The molecule has 0 aliphatic carbocycles. The molecule has 0 unspecified atom stereocenters. The van der Waals surface area contributed by atoms with E-state index in [1.54, 1.807) is 0 Å². The molecule has 110 valence electrons. The summed E-state index contributed by atoms with van der Waals surface area (Å²) in [4.78, 5) is 33.4. The number of hydrogen-bond acceptors (Lipinski definition) is 3. The highest BCUT2D eigenvalue weighted by atomic mass is 16.2. The summed E-state index contributed by atoms with van der Waals surface area (Å²) >= 11 is 0. The van der Waals surface area contributed by atoms with Crippen LogP contribution in [0.5, 0.6) is 0 Å². The summed E-state index contributed by atoms with van der Waals surface area (Å²) in [6, 6.07) is 0. The maximum Gasteiger partial charge on any atom is 0.254 e.